The molecule has 1 aromatic carbocycles. The Morgan fingerprint density at radius 1 is 1.33 bits per heavy atom. The number of carbonyl (C=O) groups is 1. The van der Waals surface area contributed by atoms with Crippen LogP contribution in [0.3, 0.4) is 0 Å². The molecule has 0 spiro atoms. The highest BCUT2D eigenvalue weighted by Gasteiger charge is 2.13. The summed E-state index contributed by atoms with van der Waals surface area (Å²) in [7, 11) is 0. The van der Waals surface area contributed by atoms with Crippen LogP contribution in [0.1, 0.15) is 6.42 Å². The van der Waals surface area contributed by atoms with Gasteiger partial charge in [-0.05, 0) is 31.6 Å². The highest BCUT2D eigenvalue weighted by molar-refractivity contribution is 6.33. The number of hydrogen-bond donors (Lipinski definition) is 2. The van der Waals surface area contributed by atoms with Gasteiger partial charge in [-0.1, -0.05) is 23.7 Å². The zero-order valence-electron chi connectivity index (χ0n) is 10.3. The first-order valence-electron chi connectivity index (χ1n) is 6.23. The number of amides is 1. The summed E-state index contributed by atoms with van der Waals surface area (Å²) in [5.41, 5.74) is 0.678. The molecule has 18 heavy (non-hydrogen) atoms. The molecule has 1 heterocycles. The summed E-state index contributed by atoms with van der Waals surface area (Å²) >= 11 is 6.00. The Labute approximate surface area is 112 Å². The van der Waals surface area contributed by atoms with Crippen molar-refractivity contribution >= 4 is 23.2 Å². The summed E-state index contributed by atoms with van der Waals surface area (Å²) in [5, 5.41) is 6.73. The maximum atomic E-state index is 11.9. The molecule has 1 amide bonds. The number of hydrogen-bond acceptors (Lipinski definition) is 3. The van der Waals surface area contributed by atoms with E-state index >= 15 is 0 Å². The maximum absolute atomic E-state index is 11.9. The number of nitrogens with one attached hydrogen (secondary N) is 2. The second kappa shape index (κ2) is 6.73. The zero-order valence-corrected chi connectivity index (χ0v) is 11.0. The summed E-state index contributed by atoms with van der Waals surface area (Å²) in [6, 6.07) is 7.28. The van der Waals surface area contributed by atoms with Crippen molar-refractivity contribution < 1.29 is 4.79 Å². The van der Waals surface area contributed by atoms with Gasteiger partial charge in [-0.15, -0.1) is 0 Å². The van der Waals surface area contributed by atoms with Crippen molar-refractivity contribution in [2.45, 2.75) is 6.42 Å². The molecule has 0 atom stereocenters. The largest absolute Gasteiger partial charge is 0.324 e. The van der Waals surface area contributed by atoms with Gasteiger partial charge in [0.05, 0.1) is 17.3 Å². The minimum Gasteiger partial charge on any atom is -0.324 e. The third-order valence-electron chi connectivity index (χ3n) is 2.95. The number of halogens is 1. The van der Waals surface area contributed by atoms with Gasteiger partial charge in [-0.25, -0.2) is 0 Å². The van der Waals surface area contributed by atoms with Gasteiger partial charge in [-0.3, -0.25) is 9.69 Å². The van der Waals surface area contributed by atoms with E-state index in [1.165, 1.54) is 0 Å². The van der Waals surface area contributed by atoms with E-state index < -0.39 is 0 Å². The van der Waals surface area contributed by atoms with Crippen molar-refractivity contribution in [3.05, 3.63) is 29.3 Å². The Morgan fingerprint density at radius 2 is 2.17 bits per heavy atom. The van der Waals surface area contributed by atoms with Crippen LogP contribution in [0, 0.1) is 0 Å². The summed E-state index contributed by atoms with van der Waals surface area (Å²) in [5.74, 6) is -0.00926. The maximum Gasteiger partial charge on any atom is 0.238 e. The van der Waals surface area contributed by atoms with Crippen LogP contribution in [-0.4, -0.2) is 43.5 Å². The number of nitrogens with zero attached hydrogens (tertiary/aromatic N) is 1. The highest BCUT2D eigenvalue weighted by atomic mass is 35.5. The lowest BCUT2D eigenvalue weighted by Gasteiger charge is -2.18. The molecule has 2 N–H and O–H groups in total. The Balaban J connectivity index is 1.86. The predicted octanol–water partition coefficient (Wildman–Crippen LogP) is 1.57. The molecule has 4 nitrogen and oxygen atoms in total. The molecule has 0 saturated carbocycles. The lowest BCUT2D eigenvalue weighted by atomic mass is 10.3. The fraction of sp³-hybridized carbons (Fsp3) is 0.462. The van der Waals surface area contributed by atoms with Crippen LogP contribution in [0.2, 0.25) is 5.02 Å². The standard InChI is InChI=1S/C13H18ClN3O/c14-11-4-1-2-5-12(11)16-13(18)10-17-8-3-6-15-7-9-17/h1-2,4-5,15H,3,6-10H2,(H,16,18). The molecule has 98 valence electrons. The molecule has 1 aliphatic heterocycles. The third-order valence-corrected chi connectivity index (χ3v) is 3.28. The topological polar surface area (TPSA) is 44.4 Å². The second-order valence-corrected chi connectivity index (χ2v) is 4.81. The van der Waals surface area contributed by atoms with E-state index in [0.717, 1.165) is 32.6 Å². The predicted molar refractivity (Wildman–Crippen MR) is 74.0 cm³/mol. The minimum absolute atomic E-state index is 0.00926. The fourth-order valence-corrected chi connectivity index (χ4v) is 2.20. The Kier molecular flexibility index (Phi) is 4.99. The zero-order chi connectivity index (χ0) is 12.8. The molecule has 1 saturated heterocycles. The van der Waals surface area contributed by atoms with Crippen LogP contribution in [0.15, 0.2) is 24.3 Å². The van der Waals surface area contributed by atoms with Crippen LogP contribution < -0.4 is 10.6 Å². The van der Waals surface area contributed by atoms with Crippen LogP contribution >= 0.6 is 11.6 Å². The number of rotatable bonds is 3. The Morgan fingerprint density at radius 3 is 3.00 bits per heavy atom. The summed E-state index contributed by atoms with van der Waals surface area (Å²) in [4.78, 5) is 14.1. The molecule has 1 aliphatic rings. The number of carbonyl (C=O) groups excluding carboxylic acids is 1. The van der Waals surface area contributed by atoms with Crippen molar-refractivity contribution in [3.63, 3.8) is 0 Å². The van der Waals surface area contributed by atoms with E-state index in [1.807, 2.05) is 18.2 Å². The van der Waals surface area contributed by atoms with Crippen molar-refractivity contribution in [1.29, 1.82) is 0 Å². The lowest BCUT2D eigenvalue weighted by Crippen LogP contribution is -2.35. The molecule has 0 unspecified atom stereocenters. The molecule has 0 radical (unpaired) electrons. The van der Waals surface area contributed by atoms with E-state index in [0.29, 0.717) is 17.3 Å². The van der Waals surface area contributed by atoms with Crippen LogP contribution in [0.5, 0.6) is 0 Å². The molecule has 0 bridgehead atoms. The van der Waals surface area contributed by atoms with E-state index in [4.69, 9.17) is 11.6 Å². The molecular formula is C13H18ClN3O. The second-order valence-electron chi connectivity index (χ2n) is 4.41. The summed E-state index contributed by atoms with van der Waals surface area (Å²) in [6.07, 6.45) is 1.08. The smallest absolute Gasteiger partial charge is 0.238 e. The first-order valence-corrected chi connectivity index (χ1v) is 6.61. The van der Waals surface area contributed by atoms with Crippen LogP contribution in [0.4, 0.5) is 5.69 Å². The molecule has 0 aromatic heterocycles. The van der Waals surface area contributed by atoms with Crippen LogP contribution in [-0.2, 0) is 4.79 Å². The number of anilines is 1. The van der Waals surface area contributed by atoms with Crippen molar-refractivity contribution in [1.82, 2.24) is 10.2 Å². The SMILES string of the molecule is O=C(CN1CCCNCC1)Nc1ccccc1Cl. The molecule has 5 heteroatoms. The quantitative estimate of drug-likeness (QED) is 0.874. The van der Waals surface area contributed by atoms with Gasteiger partial charge in [-0.2, -0.15) is 0 Å². The number of benzene rings is 1. The normalized spacial score (nSPS) is 17.2. The first-order chi connectivity index (χ1) is 8.75. The van der Waals surface area contributed by atoms with Crippen molar-refractivity contribution in [2.24, 2.45) is 0 Å². The van der Waals surface area contributed by atoms with E-state index in [9.17, 15) is 4.79 Å². The molecule has 0 aliphatic carbocycles. The van der Waals surface area contributed by atoms with E-state index in [2.05, 4.69) is 15.5 Å². The highest BCUT2D eigenvalue weighted by Crippen LogP contribution is 2.20. The average molecular weight is 268 g/mol. The monoisotopic (exact) mass is 267 g/mol. The Bertz CT molecular complexity index is 403. The first kappa shape index (κ1) is 13.3. The Hall–Kier alpha value is -1.10. The molecule has 1 aromatic rings. The fourth-order valence-electron chi connectivity index (χ4n) is 2.02. The molecule has 1 fully saturated rings. The molecular weight excluding hydrogens is 250 g/mol. The van der Waals surface area contributed by atoms with Gasteiger partial charge in [0.25, 0.3) is 0 Å². The van der Waals surface area contributed by atoms with Crippen LogP contribution in [0.25, 0.3) is 0 Å². The van der Waals surface area contributed by atoms with Gasteiger partial charge in [0, 0.05) is 13.1 Å². The third kappa shape index (κ3) is 3.98. The van der Waals surface area contributed by atoms with Crippen molar-refractivity contribution in [2.75, 3.05) is 38.0 Å². The van der Waals surface area contributed by atoms with E-state index in [1.54, 1.807) is 6.07 Å². The average Bonchev–Trinajstić information content (AvgIpc) is 2.61. The van der Waals surface area contributed by atoms with Gasteiger partial charge in [0.15, 0.2) is 0 Å². The van der Waals surface area contributed by atoms with Gasteiger partial charge in [0.1, 0.15) is 0 Å². The minimum atomic E-state index is -0.00926. The van der Waals surface area contributed by atoms with Gasteiger partial charge < -0.3 is 10.6 Å². The summed E-state index contributed by atoms with van der Waals surface area (Å²) < 4.78 is 0. The molecule has 2 rings (SSSR count). The van der Waals surface area contributed by atoms with E-state index in [-0.39, 0.29) is 5.91 Å². The van der Waals surface area contributed by atoms with Crippen molar-refractivity contribution in [3.8, 4) is 0 Å². The lowest BCUT2D eigenvalue weighted by molar-refractivity contribution is -0.117. The summed E-state index contributed by atoms with van der Waals surface area (Å²) in [6.45, 7) is 4.27. The van der Waals surface area contributed by atoms with Gasteiger partial charge in [0.2, 0.25) is 5.91 Å². The van der Waals surface area contributed by atoms with Gasteiger partial charge >= 0.3 is 0 Å². The number of para-hydroxylation sites is 1.